The summed E-state index contributed by atoms with van der Waals surface area (Å²) in [6.07, 6.45) is 1.95. The summed E-state index contributed by atoms with van der Waals surface area (Å²) >= 11 is 0. The molecule has 3 aromatic rings. The zero-order valence-electron chi connectivity index (χ0n) is 14.9. The predicted octanol–water partition coefficient (Wildman–Crippen LogP) is 3.82. The number of aryl methyl sites for hydroxylation is 1. The molecule has 0 atom stereocenters. The van der Waals surface area contributed by atoms with Crippen LogP contribution in [-0.2, 0) is 16.4 Å². The van der Waals surface area contributed by atoms with Gasteiger partial charge in [0.25, 0.3) is 0 Å². The van der Waals surface area contributed by atoms with Gasteiger partial charge in [-0.2, -0.15) is 0 Å². The topological polar surface area (TPSA) is 80.3 Å². The van der Waals surface area contributed by atoms with Crippen molar-refractivity contribution in [3.8, 4) is 5.75 Å². The van der Waals surface area contributed by atoms with E-state index in [0.29, 0.717) is 17.9 Å². The van der Waals surface area contributed by atoms with E-state index in [0.717, 1.165) is 17.0 Å². The summed E-state index contributed by atoms with van der Waals surface area (Å²) in [7, 11) is -1.83. The molecule has 7 heteroatoms. The molecule has 0 saturated heterocycles. The number of aromatic nitrogens is 1. The number of pyridine rings is 1. The fourth-order valence-electron chi connectivity index (χ4n) is 2.50. The third-order valence-electron chi connectivity index (χ3n) is 3.88. The van der Waals surface area contributed by atoms with Crippen molar-refractivity contribution in [2.45, 2.75) is 6.42 Å². The molecule has 3 rings (SSSR count). The summed E-state index contributed by atoms with van der Waals surface area (Å²) in [5.74, 6) is 1.36. The molecule has 1 aromatic heterocycles. The molecule has 0 unspecified atom stereocenters. The molecule has 0 fully saturated rings. The lowest BCUT2D eigenvalue weighted by atomic mass is 10.2. The van der Waals surface area contributed by atoms with Crippen LogP contribution in [-0.4, -0.2) is 26.3 Å². The van der Waals surface area contributed by atoms with Gasteiger partial charge in [-0.05, 0) is 36.2 Å². The van der Waals surface area contributed by atoms with Crippen molar-refractivity contribution in [1.82, 2.24) is 4.98 Å². The van der Waals surface area contributed by atoms with Crippen LogP contribution in [0.25, 0.3) is 0 Å². The van der Waals surface area contributed by atoms with Crippen molar-refractivity contribution >= 4 is 27.2 Å². The van der Waals surface area contributed by atoms with Crippen LogP contribution in [0.1, 0.15) is 5.56 Å². The SMILES string of the molecule is COc1cccc(Nc2ccc(NS(=O)(=O)CCc3ccccc3)cn2)c1. The van der Waals surface area contributed by atoms with Gasteiger partial charge in [0.15, 0.2) is 0 Å². The van der Waals surface area contributed by atoms with Crippen LogP contribution in [0.5, 0.6) is 5.75 Å². The minimum Gasteiger partial charge on any atom is -0.497 e. The van der Waals surface area contributed by atoms with Crippen molar-refractivity contribution in [1.29, 1.82) is 0 Å². The maximum absolute atomic E-state index is 12.3. The van der Waals surface area contributed by atoms with Gasteiger partial charge in [0, 0.05) is 11.8 Å². The lowest BCUT2D eigenvalue weighted by Crippen LogP contribution is -2.18. The highest BCUT2D eigenvalue weighted by molar-refractivity contribution is 7.92. The first kappa shape index (κ1) is 18.7. The van der Waals surface area contributed by atoms with Gasteiger partial charge in [-0.15, -0.1) is 0 Å². The second-order valence-electron chi connectivity index (χ2n) is 5.95. The Kier molecular flexibility index (Phi) is 5.93. The highest BCUT2D eigenvalue weighted by Crippen LogP contribution is 2.21. The Balaban J connectivity index is 1.59. The fraction of sp³-hybridized carbons (Fsp3) is 0.150. The molecule has 1 heterocycles. The summed E-state index contributed by atoms with van der Waals surface area (Å²) in [5.41, 5.74) is 2.25. The van der Waals surface area contributed by atoms with E-state index in [2.05, 4.69) is 15.0 Å². The Morgan fingerprint density at radius 3 is 2.48 bits per heavy atom. The van der Waals surface area contributed by atoms with Gasteiger partial charge < -0.3 is 10.1 Å². The number of rotatable bonds is 8. The zero-order valence-corrected chi connectivity index (χ0v) is 15.7. The van der Waals surface area contributed by atoms with E-state index >= 15 is 0 Å². The lowest BCUT2D eigenvalue weighted by molar-refractivity contribution is 0.415. The highest BCUT2D eigenvalue weighted by atomic mass is 32.2. The number of sulfonamides is 1. The average molecular weight is 383 g/mol. The Morgan fingerprint density at radius 2 is 1.78 bits per heavy atom. The number of ether oxygens (including phenoxy) is 1. The molecule has 0 aliphatic rings. The second-order valence-corrected chi connectivity index (χ2v) is 7.79. The van der Waals surface area contributed by atoms with Gasteiger partial charge in [0.2, 0.25) is 10.0 Å². The van der Waals surface area contributed by atoms with Crippen LogP contribution in [0, 0.1) is 0 Å². The van der Waals surface area contributed by atoms with Gasteiger partial charge >= 0.3 is 0 Å². The zero-order chi connectivity index (χ0) is 19.1. The molecule has 0 spiro atoms. The maximum Gasteiger partial charge on any atom is 0.233 e. The number of methoxy groups -OCH3 is 1. The number of hydrogen-bond donors (Lipinski definition) is 2. The summed E-state index contributed by atoms with van der Waals surface area (Å²) in [6, 6.07) is 20.4. The van der Waals surface area contributed by atoms with E-state index in [-0.39, 0.29) is 5.75 Å². The molecule has 140 valence electrons. The van der Waals surface area contributed by atoms with Crippen molar-refractivity contribution in [2.24, 2.45) is 0 Å². The van der Waals surface area contributed by atoms with Crippen molar-refractivity contribution in [3.63, 3.8) is 0 Å². The molecule has 0 radical (unpaired) electrons. The van der Waals surface area contributed by atoms with Crippen molar-refractivity contribution < 1.29 is 13.2 Å². The monoisotopic (exact) mass is 383 g/mol. The van der Waals surface area contributed by atoms with Crippen LogP contribution < -0.4 is 14.8 Å². The molecule has 0 amide bonds. The van der Waals surface area contributed by atoms with Gasteiger partial charge in [-0.3, -0.25) is 4.72 Å². The first-order valence-corrected chi connectivity index (χ1v) is 10.1. The molecule has 0 aliphatic heterocycles. The summed E-state index contributed by atoms with van der Waals surface area (Å²) in [4.78, 5) is 4.25. The number of benzene rings is 2. The molecule has 0 saturated carbocycles. The molecular formula is C20H21N3O3S. The van der Waals surface area contributed by atoms with E-state index in [1.165, 1.54) is 6.20 Å². The second kappa shape index (κ2) is 8.55. The van der Waals surface area contributed by atoms with Crippen LogP contribution >= 0.6 is 0 Å². The van der Waals surface area contributed by atoms with E-state index in [1.54, 1.807) is 19.2 Å². The maximum atomic E-state index is 12.3. The third-order valence-corrected chi connectivity index (χ3v) is 5.17. The normalized spacial score (nSPS) is 11.0. The van der Waals surface area contributed by atoms with Gasteiger partial charge in [-0.1, -0.05) is 36.4 Å². The fourth-order valence-corrected chi connectivity index (χ4v) is 3.59. The predicted molar refractivity (Wildman–Crippen MR) is 108 cm³/mol. The van der Waals surface area contributed by atoms with Crippen LogP contribution in [0.2, 0.25) is 0 Å². The summed E-state index contributed by atoms with van der Waals surface area (Å²) < 4.78 is 32.2. The molecule has 27 heavy (non-hydrogen) atoms. The van der Waals surface area contributed by atoms with Crippen molar-refractivity contribution in [2.75, 3.05) is 22.9 Å². The largest absolute Gasteiger partial charge is 0.497 e. The molecule has 0 bridgehead atoms. The lowest BCUT2D eigenvalue weighted by Gasteiger charge is -2.10. The summed E-state index contributed by atoms with van der Waals surface area (Å²) in [6.45, 7) is 0. The minimum absolute atomic E-state index is 0.0147. The smallest absolute Gasteiger partial charge is 0.233 e. The Bertz CT molecular complexity index is 975. The van der Waals surface area contributed by atoms with Gasteiger partial charge in [-0.25, -0.2) is 13.4 Å². The third kappa shape index (κ3) is 5.72. The van der Waals surface area contributed by atoms with Crippen LogP contribution in [0.15, 0.2) is 72.9 Å². The highest BCUT2D eigenvalue weighted by Gasteiger charge is 2.11. The number of hydrogen-bond acceptors (Lipinski definition) is 5. The molecule has 6 nitrogen and oxygen atoms in total. The first-order valence-electron chi connectivity index (χ1n) is 8.46. The van der Waals surface area contributed by atoms with E-state index in [4.69, 9.17) is 4.74 Å². The summed E-state index contributed by atoms with van der Waals surface area (Å²) in [5, 5.41) is 3.15. The molecule has 2 aromatic carbocycles. The van der Waals surface area contributed by atoms with Crippen LogP contribution in [0.3, 0.4) is 0 Å². The average Bonchev–Trinajstić information content (AvgIpc) is 2.69. The Hall–Kier alpha value is -3.06. The van der Waals surface area contributed by atoms with Crippen LogP contribution in [0.4, 0.5) is 17.2 Å². The number of nitrogens with zero attached hydrogens (tertiary/aromatic N) is 1. The van der Waals surface area contributed by atoms with Crippen molar-refractivity contribution in [3.05, 3.63) is 78.5 Å². The molecular weight excluding hydrogens is 362 g/mol. The van der Waals surface area contributed by atoms with Gasteiger partial charge in [0.1, 0.15) is 11.6 Å². The quantitative estimate of drug-likeness (QED) is 0.618. The van der Waals surface area contributed by atoms with Gasteiger partial charge in [0.05, 0.1) is 24.7 Å². The molecule has 0 aliphatic carbocycles. The molecule has 2 N–H and O–H groups in total. The van der Waals surface area contributed by atoms with E-state index in [9.17, 15) is 8.42 Å². The van der Waals surface area contributed by atoms with E-state index in [1.807, 2.05) is 54.6 Å². The minimum atomic E-state index is -3.44. The standard InChI is InChI=1S/C20H21N3O3S/c1-26-19-9-5-8-17(14-19)22-20-11-10-18(15-21-20)23-27(24,25)13-12-16-6-3-2-4-7-16/h2-11,14-15,23H,12-13H2,1H3,(H,21,22). The Morgan fingerprint density at radius 1 is 0.963 bits per heavy atom. The number of nitrogens with one attached hydrogen (secondary N) is 2. The van der Waals surface area contributed by atoms with E-state index < -0.39 is 10.0 Å². The first-order chi connectivity index (χ1) is 13.0. The number of anilines is 3. The Labute approximate surface area is 159 Å².